The molecule has 0 heterocycles. The molecule has 0 spiro atoms. The summed E-state index contributed by atoms with van der Waals surface area (Å²) in [5.41, 5.74) is -2.87. The highest BCUT2D eigenvalue weighted by Gasteiger charge is 2.54. The molecule has 1 atom stereocenters. The van der Waals surface area contributed by atoms with Crippen LogP contribution in [0.2, 0.25) is 0 Å². The number of nitrogens with zero attached hydrogens (tertiary/aromatic N) is 1. The minimum Gasteiger partial charge on any atom is -0.512 e. The summed E-state index contributed by atoms with van der Waals surface area (Å²) in [6, 6.07) is 4.00. The fourth-order valence-corrected chi connectivity index (χ4v) is 3.25. The maximum Gasteiger partial charge on any atom is 0.417 e. The maximum atomic E-state index is 13.7. The molecule has 1 unspecified atom stereocenters. The number of rotatable bonds is 10. The second-order valence-corrected chi connectivity index (χ2v) is 8.31. The van der Waals surface area contributed by atoms with Crippen molar-refractivity contribution in [3.05, 3.63) is 53.1 Å². The zero-order valence-electron chi connectivity index (χ0n) is 18.6. The molecule has 4 nitrogen and oxygen atoms in total. The first kappa shape index (κ1) is 26.7. The summed E-state index contributed by atoms with van der Waals surface area (Å²) in [6.45, 7) is 5.12. The number of ether oxygens (including phenoxy) is 1. The van der Waals surface area contributed by atoms with Crippen molar-refractivity contribution in [3.63, 3.8) is 0 Å². The first-order valence-corrected chi connectivity index (χ1v) is 9.86. The first-order valence-electron chi connectivity index (χ1n) is 9.86. The van der Waals surface area contributed by atoms with Crippen LogP contribution in [0.1, 0.15) is 45.6 Å². The van der Waals surface area contributed by atoms with Crippen LogP contribution in [0.25, 0.3) is 0 Å². The van der Waals surface area contributed by atoms with Gasteiger partial charge in [0.2, 0.25) is 0 Å². The van der Waals surface area contributed by atoms with Crippen LogP contribution in [0, 0.1) is 11.2 Å². The van der Waals surface area contributed by atoms with E-state index in [1.807, 2.05) is 0 Å². The topological polar surface area (TPSA) is 62.1 Å². The number of methoxy groups -OCH3 is 1. The van der Waals surface area contributed by atoms with E-state index >= 15 is 0 Å². The predicted octanol–water partition coefficient (Wildman–Crippen LogP) is 5.96. The number of aliphatic imine (C=N–C) groups is 1. The Morgan fingerprint density at radius 3 is 2.35 bits per heavy atom. The van der Waals surface area contributed by atoms with E-state index in [-0.39, 0.29) is 12.8 Å². The van der Waals surface area contributed by atoms with Gasteiger partial charge in [0.25, 0.3) is 0 Å². The highest BCUT2D eigenvalue weighted by molar-refractivity contribution is 5.82. The molecule has 31 heavy (non-hydrogen) atoms. The standard InChI is InChI=1S/C23H31F4NO3/c1-6-16(15-28-4)11-19(29)14-22(30,23(25,26)27)10-9-21(2,3)13-17-12-18(24)7-8-20(17)31-5/h6-8,11-12,15,29-30H,9-10,13-14H2,1-5H3/b16-6-,19-11-,28-15?. The van der Waals surface area contributed by atoms with Crippen molar-refractivity contribution in [1.29, 1.82) is 0 Å². The Hall–Kier alpha value is -2.35. The Morgan fingerprint density at radius 2 is 1.84 bits per heavy atom. The summed E-state index contributed by atoms with van der Waals surface area (Å²) in [7, 11) is 2.93. The Balaban J connectivity index is 3.05. The van der Waals surface area contributed by atoms with Gasteiger partial charge >= 0.3 is 6.18 Å². The van der Waals surface area contributed by atoms with Gasteiger partial charge in [-0.2, -0.15) is 13.2 Å². The van der Waals surface area contributed by atoms with E-state index in [9.17, 15) is 27.8 Å². The summed E-state index contributed by atoms with van der Waals surface area (Å²) in [5.74, 6) is -0.626. The summed E-state index contributed by atoms with van der Waals surface area (Å²) in [5, 5.41) is 20.5. The van der Waals surface area contributed by atoms with Crippen molar-refractivity contribution in [2.24, 2.45) is 10.4 Å². The molecular weight excluding hydrogens is 414 g/mol. The number of aliphatic hydroxyl groups excluding tert-OH is 1. The number of hydrogen-bond acceptors (Lipinski definition) is 4. The first-order chi connectivity index (χ1) is 14.3. The van der Waals surface area contributed by atoms with Crippen LogP contribution in [0.15, 0.2) is 46.7 Å². The highest BCUT2D eigenvalue weighted by Crippen LogP contribution is 2.42. The lowest BCUT2D eigenvalue weighted by Gasteiger charge is -2.34. The van der Waals surface area contributed by atoms with Crippen molar-refractivity contribution < 1.29 is 32.5 Å². The van der Waals surface area contributed by atoms with Crippen LogP contribution in [0.3, 0.4) is 0 Å². The number of hydrogen-bond donors (Lipinski definition) is 2. The fourth-order valence-electron chi connectivity index (χ4n) is 3.25. The number of halogens is 4. The van der Waals surface area contributed by atoms with Gasteiger partial charge in [0.05, 0.1) is 12.9 Å². The number of allylic oxidation sites excluding steroid dienone is 3. The summed E-state index contributed by atoms with van der Waals surface area (Å²) in [6.07, 6.45) is -2.23. The predicted molar refractivity (Wildman–Crippen MR) is 114 cm³/mol. The van der Waals surface area contributed by atoms with Crippen LogP contribution < -0.4 is 4.74 Å². The van der Waals surface area contributed by atoms with Gasteiger partial charge in [-0.25, -0.2) is 4.39 Å². The van der Waals surface area contributed by atoms with Gasteiger partial charge < -0.3 is 14.9 Å². The molecule has 2 N–H and O–H groups in total. The van der Waals surface area contributed by atoms with E-state index in [0.29, 0.717) is 16.9 Å². The van der Waals surface area contributed by atoms with Gasteiger partial charge in [-0.05, 0) is 67.0 Å². The van der Waals surface area contributed by atoms with Crippen molar-refractivity contribution in [2.75, 3.05) is 14.2 Å². The molecule has 0 amide bonds. The lowest BCUT2D eigenvalue weighted by molar-refractivity contribution is -0.265. The third-order valence-corrected chi connectivity index (χ3v) is 5.07. The minimum absolute atomic E-state index is 0.0250. The molecule has 0 aromatic heterocycles. The van der Waals surface area contributed by atoms with E-state index in [1.165, 1.54) is 38.6 Å². The molecule has 0 aliphatic heterocycles. The third kappa shape index (κ3) is 8.01. The maximum absolute atomic E-state index is 13.7. The van der Waals surface area contributed by atoms with E-state index in [2.05, 4.69) is 4.99 Å². The Bertz CT molecular complexity index is 829. The molecule has 1 aromatic carbocycles. The van der Waals surface area contributed by atoms with Gasteiger partial charge in [0.1, 0.15) is 11.6 Å². The van der Waals surface area contributed by atoms with Crippen molar-refractivity contribution in [2.45, 2.75) is 58.2 Å². The SMILES string of the molecule is C/C=C(C=NC)/C=C(\O)CC(O)(CCC(C)(C)Cc1cc(F)ccc1OC)C(F)(F)F. The van der Waals surface area contributed by atoms with E-state index in [4.69, 9.17) is 4.74 Å². The van der Waals surface area contributed by atoms with Crippen molar-refractivity contribution >= 4 is 6.21 Å². The molecule has 174 valence electrons. The van der Waals surface area contributed by atoms with Gasteiger partial charge in [-0.15, -0.1) is 0 Å². The molecule has 0 bridgehead atoms. The minimum atomic E-state index is -4.95. The molecular formula is C23H31F4NO3. The molecule has 0 fully saturated rings. The Kier molecular flexibility index (Phi) is 9.29. The van der Waals surface area contributed by atoms with E-state index in [0.717, 1.165) is 6.08 Å². The Labute approximate surface area is 181 Å². The quantitative estimate of drug-likeness (QED) is 0.202. The van der Waals surface area contributed by atoms with Gasteiger partial charge in [-0.1, -0.05) is 19.9 Å². The van der Waals surface area contributed by atoms with Gasteiger partial charge in [0, 0.05) is 19.7 Å². The largest absolute Gasteiger partial charge is 0.512 e. The molecule has 1 rings (SSSR count). The Morgan fingerprint density at radius 1 is 1.19 bits per heavy atom. The zero-order chi connectivity index (χ0) is 23.9. The molecule has 0 radical (unpaired) electrons. The van der Waals surface area contributed by atoms with E-state index in [1.54, 1.807) is 26.8 Å². The highest BCUT2D eigenvalue weighted by atomic mass is 19.4. The number of benzene rings is 1. The van der Waals surface area contributed by atoms with Crippen LogP contribution in [0.4, 0.5) is 17.6 Å². The average Bonchev–Trinajstić information content (AvgIpc) is 2.65. The molecule has 0 aliphatic carbocycles. The van der Waals surface area contributed by atoms with Crippen molar-refractivity contribution in [1.82, 2.24) is 0 Å². The van der Waals surface area contributed by atoms with E-state index < -0.39 is 41.6 Å². The molecule has 0 aliphatic rings. The van der Waals surface area contributed by atoms with Crippen LogP contribution in [-0.4, -0.2) is 42.4 Å². The summed E-state index contributed by atoms with van der Waals surface area (Å²) in [4.78, 5) is 3.76. The lowest BCUT2D eigenvalue weighted by Crippen LogP contribution is -2.46. The number of aliphatic hydroxyl groups is 2. The summed E-state index contributed by atoms with van der Waals surface area (Å²) >= 11 is 0. The van der Waals surface area contributed by atoms with Crippen LogP contribution >= 0.6 is 0 Å². The second-order valence-electron chi connectivity index (χ2n) is 8.31. The fraction of sp³-hybridized carbons (Fsp3) is 0.522. The van der Waals surface area contributed by atoms with Crippen LogP contribution in [-0.2, 0) is 6.42 Å². The zero-order valence-corrected chi connectivity index (χ0v) is 18.6. The smallest absolute Gasteiger partial charge is 0.417 e. The van der Waals surface area contributed by atoms with Crippen LogP contribution in [0.5, 0.6) is 5.75 Å². The average molecular weight is 445 g/mol. The monoisotopic (exact) mass is 445 g/mol. The molecule has 0 saturated carbocycles. The molecule has 8 heteroatoms. The van der Waals surface area contributed by atoms with Gasteiger partial charge in [0.15, 0.2) is 5.60 Å². The molecule has 1 aromatic rings. The lowest BCUT2D eigenvalue weighted by atomic mass is 9.77. The number of alkyl halides is 3. The third-order valence-electron chi connectivity index (χ3n) is 5.07. The second kappa shape index (κ2) is 10.8. The summed E-state index contributed by atoms with van der Waals surface area (Å²) < 4.78 is 60.0. The van der Waals surface area contributed by atoms with Gasteiger partial charge in [-0.3, -0.25) is 4.99 Å². The normalized spacial score (nSPS) is 15.9. The van der Waals surface area contributed by atoms with Crippen molar-refractivity contribution in [3.8, 4) is 5.75 Å². The molecule has 0 saturated heterocycles.